The fourth-order valence-corrected chi connectivity index (χ4v) is 3.10. The summed E-state index contributed by atoms with van der Waals surface area (Å²) in [6.07, 6.45) is 2.67. The van der Waals surface area contributed by atoms with Crippen LogP contribution in [0.3, 0.4) is 0 Å². The first kappa shape index (κ1) is 24.6. The second-order valence-corrected chi connectivity index (χ2v) is 6.52. The van der Waals surface area contributed by atoms with E-state index >= 15 is 0 Å². The molecule has 0 saturated heterocycles. The van der Waals surface area contributed by atoms with Crippen molar-refractivity contribution in [3.63, 3.8) is 0 Å². The number of nitrogens with one attached hydrogen (secondary N) is 2. The number of benzene rings is 1. The summed E-state index contributed by atoms with van der Waals surface area (Å²) in [7, 11) is 4.84. The number of rotatable bonds is 11. The maximum Gasteiger partial charge on any atom is 0.203 e. The van der Waals surface area contributed by atoms with E-state index in [1.807, 2.05) is 12.1 Å². The molecule has 0 amide bonds. The Morgan fingerprint density at radius 1 is 1.07 bits per heavy atom. The molecular formula is C20H35IN4O3. The Morgan fingerprint density at radius 3 is 2.18 bits per heavy atom. The van der Waals surface area contributed by atoms with Crippen molar-refractivity contribution in [1.29, 1.82) is 0 Å². The maximum absolute atomic E-state index is 5.42. The second kappa shape index (κ2) is 12.9. The van der Waals surface area contributed by atoms with Gasteiger partial charge in [0.05, 0.1) is 27.9 Å². The quantitative estimate of drug-likeness (QED) is 0.274. The van der Waals surface area contributed by atoms with Crippen LogP contribution in [0.15, 0.2) is 17.1 Å². The lowest BCUT2D eigenvalue weighted by atomic mass is 10.2. The van der Waals surface area contributed by atoms with Gasteiger partial charge in [-0.3, -0.25) is 4.90 Å². The Morgan fingerprint density at radius 2 is 1.71 bits per heavy atom. The summed E-state index contributed by atoms with van der Waals surface area (Å²) in [6.45, 7) is 8.65. The van der Waals surface area contributed by atoms with Crippen molar-refractivity contribution in [3.8, 4) is 17.2 Å². The van der Waals surface area contributed by atoms with E-state index in [9.17, 15) is 0 Å². The molecule has 28 heavy (non-hydrogen) atoms. The van der Waals surface area contributed by atoms with Crippen molar-refractivity contribution < 1.29 is 14.2 Å². The summed E-state index contributed by atoms with van der Waals surface area (Å²) in [4.78, 5) is 7.22. The minimum atomic E-state index is 0. The van der Waals surface area contributed by atoms with Crippen LogP contribution in [0, 0.1) is 0 Å². The highest BCUT2D eigenvalue weighted by Gasteiger charge is 2.27. The van der Waals surface area contributed by atoms with Gasteiger partial charge in [-0.2, -0.15) is 0 Å². The smallest absolute Gasteiger partial charge is 0.203 e. The van der Waals surface area contributed by atoms with E-state index in [4.69, 9.17) is 19.2 Å². The predicted molar refractivity (Wildman–Crippen MR) is 125 cm³/mol. The lowest BCUT2D eigenvalue weighted by molar-refractivity contribution is 0.282. The van der Waals surface area contributed by atoms with Crippen LogP contribution in [0.25, 0.3) is 0 Å². The molecule has 1 aliphatic carbocycles. The van der Waals surface area contributed by atoms with Gasteiger partial charge in [0.25, 0.3) is 0 Å². The zero-order chi connectivity index (χ0) is 19.6. The van der Waals surface area contributed by atoms with Gasteiger partial charge >= 0.3 is 0 Å². The lowest BCUT2D eigenvalue weighted by Gasteiger charge is -2.20. The highest BCUT2D eigenvalue weighted by atomic mass is 127. The Hall–Kier alpha value is -1.42. The molecule has 1 aromatic rings. The number of aliphatic imine (C=N–C) groups is 1. The number of nitrogens with zero attached hydrogens (tertiary/aromatic N) is 2. The highest BCUT2D eigenvalue weighted by molar-refractivity contribution is 14.0. The number of likely N-dealkylation sites (N-methyl/N-ethyl adjacent to an activating group) is 1. The second-order valence-electron chi connectivity index (χ2n) is 6.52. The van der Waals surface area contributed by atoms with Crippen LogP contribution in [0.5, 0.6) is 17.2 Å². The van der Waals surface area contributed by atoms with Crippen molar-refractivity contribution in [2.75, 3.05) is 47.5 Å². The van der Waals surface area contributed by atoms with Crippen LogP contribution in [-0.2, 0) is 6.54 Å². The maximum atomic E-state index is 5.42. The lowest BCUT2D eigenvalue weighted by Crippen LogP contribution is -2.42. The van der Waals surface area contributed by atoms with Crippen molar-refractivity contribution in [1.82, 2.24) is 15.5 Å². The Labute approximate surface area is 186 Å². The van der Waals surface area contributed by atoms with Crippen molar-refractivity contribution in [2.45, 2.75) is 39.3 Å². The summed E-state index contributed by atoms with van der Waals surface area (Å²) in [5, 5.41) is 6.73. The van der Waals surface area contributed by atoms with Gasteiger partial charge in [0, 0.05) is 25.7 Å². The topological polar surface area (TPSA) is 67.4 Å². The van der Waals surface area contributed by atoms with Gasteiger partial charge in [-0.05, 0) is 44.0 Å². The first-order valence-corrected chi connectivity index (χ1v) is 9.71. The van der Waals surface area contributed by atoms with Crippen LogP contribution in [0.4, 0.5) is 0 Å². The molecule has 0 unspecified atom stereocenters. The van der Waals surface area contributed by atoms with Gasteiger partial charge in [0.15, 0.2) is 17.5 Å². The third-order valence-electron chi connectivity index (χ3n) is 4.65. The van der Waals surface area contributed by atoms with Gasteiger partial charge in [-0.25, -0.2) is 4.99 Å². The molecule has 1 fully saturated rings. The number of methoxy groups -OCH3 is 3. The zero-order valence-electron chi connectivity index (χ0n) is 17.7. The molecule has 0 aliphatic heterocycles. The van der Waals surface area contributed by atoms with Crippen LogP contribution >= 0.6 is 24.0 Å². The Kier molecular flexibility index (Phi) is 11.4. The monoisotopic (exact) mass is 506 g/mol. The SMILES string of the molecule is CCNC(=NCc1cc(OC)c(OC)c(OC)c1)NCCN(CC)C1CC1.I. The van der Waals surface area contributed by atoms with Crippen LogP contribution in [0.1, 0.15) is 32.3 Å². The van der Waals surface area contributed by atoms with Crippen LogP contribution < -0.4 is 24.8 Å². The van der Waals surface area contributed by atoms with Crippen molar-refractivity contribution in [3.05, 3.63) is 17.7 Å². The van der Waals surface area contributed by atoms with Crippen LogP contribution in [-0.4, -0.2) is 64.4 Å². The Bertz CT molecular complexity index is 598. The highest BCUT2D eigenvalue weighted by Crippen LogP contribution is 2.38. The molecule has 1 aliphatic rings. The summed E-state index contributed by atoms with van der Waals surface area (Å²) in [5.41, 5.74) is 0.995. The summed E-state index contributed by atoms with van der Waals surface area (Å²) < 4.78 is 16.2. The van der Waals surface area contributed by atoms with Crippen molar-refractivity contribution in [2.24, 2.45) is 4.99 Å². The number of guanidine groups is 1. The van der Waals surface area contributed by atoms with E-state index in [0.29, 0.717) is 23.8 Å². The average molecular weight is 506 g/mol. The van der Waals surface area contributed by atoms with Gasteiger partial charge in [0.1, 0.15) is 0 Å². The summed E-state index contributed by atoms with van der Waals surface area (Å²) in [6, 6.07) is 4.65. The van der Waals surface area contributed by atoms with E-state index in [1.54, 1.807) is 21.3 Å². The first-order valence-electron chi connectivity index (χ1n) is 9.71. The predicted octanol–water partition coefficient (Wildman–Crippen LogP) is 2.87. The molecule has 0 radical (unpaired) electrons. The molecule has 1 aromatic carbocycles. The first-order chi connectivity index (χ1) is 13.2. The van der Waals surface area contributed by atoms with E-state index in [0.717, 1.165) is 43.7 Å². The average Bonchev–Trinajstić information content (AvgIpc) is 3.53. The molecule has 8 heteroatoms. The number of ether oxygens (including phenoxy) is 3. The van der Waals surface area contributed by atoms with Crippen LogP contribution in [0.2, 0.25) is 0 Å². The molecule has 1 saturated carbocycles. The van der Waals surface area contributed by atoms with E-state index in [1.165, 1.54) is 12.8 Å². The molecule has 0 aromatic heterocycles. The third kappa shape index (κ3) is 7.20. The van der Waals surface area contributed by atoms with E-state index in [2.05, 4.69) is 29.4 Å². The van der Waals surface area contributed by atoms with Gasteiger partial charge in [-0.1, -0.05) is 6.92 Å². The van der Waals surface area contributed by atoms with E-state index in [-0.39, 0.29) is 24.0 Å². The third-order valence-corrected chi connectivity index (χ3v) is 4.65. The number of hydrogen-bond acceptors (Lipinski definition) is 5. The normalized spacial score (nSPS) is 13.7. The summed E-state index contributed by atoms with van der Waals surface area (Å²) >= 11 is 0. The molecule has 0 atom stereocenters. The molecule has 0 bridgehead atoms. The number of hydrogen-bond donors (Lipinski definition) is 2. The summed E-state index contributed by atoms with van der Waals surface area (Å²) in [5.74, 6) is 2.70. The Balaban J connectivity index is 0.00000392. The van der Waals surface area contributed by atoms with Gasteiger partial charge < -0.3 is 24.8 Å². The van der Waals surface area contributed by atoms with Gasteiger partial charge in [-0.15, -0.1) is 24.0 Å². The molecule has 0 heterocycles. The zero-order valence-corrected chi connectivity index (χ0v) is 20.0. The van der Waals surface area contributed by atoms with E-state index < -0.39 is 0 Å². The largest absolute Gasteiger partial charge is 0.493 e. The fraction of sp³-hybridized carbons (Fsp3) is 0.650. The standard InChI is InChI=1S/C20H34N4O3.HI/c1-6-21-20(22-10-11-24(7-2)16-8-9-16)23-14-15-12-17(25-3)19(27-5)18(13-15)26-4;/h12-13,16H,6-11,14H2,1-5H3,(H2,21,22,23);1H. The minimum absolute atomic E-state index is 0. The molecule has 7 nitrogen and oxygen atoms in total. The van der Waals surface area contributed by atoms with Crippen molar-refractivity contribution >= 4 is 29.9 Å². The fourth-order valence-electron chi connectivity index (χ4n) is 3.10. The molecular weight excluding hydrogens is 471 g/mol. The molecule has 2 N–H and O–H groups in total. The number of halogens is 1. The molecule has 160 valence electrons. The minimum Gasteiger partial charge on any atom is -0.493 e. The van der Waals surface area contributed by atoms with Gasteiger partial charge in [0.2, 0.25) is 5.75 Å². The molecule has 0 spiro atoms. The molecule has 2 rings (SSSR count).